The van der Waals surface area contributed by atoms with E-state index in [1.165, 1.54) is 32.8 Å². The molecular formula is C23H26F3NO4U. The van der Waals surface area contributed by atoms with E-state index >= 15 is 0 Å². The van der Waals surface area contributed by atoms with Crippen molar-refractivity contribution < 1.29 is 63.3 Å². The summed E-state index contributed by atoms with van der Waals surface area (Å²) in [5, 5.41) is 2.65. The van der Waals surface area contributed by atoms with Crippen LogP contribution in [0.4, 0.5) is 13.2 Å². The monoisotopic (exact) mass is 675 g/mol. The Balaban J connectivity index is 0.00000227. The summed E-state index contributed by atoms with van der Waals surface area (Å²) < 4.78 is 47.5. The quantitative estimate of drug-likeness (QED) is 0.339. The number of carbonyl (C=O) groups is 2. The summed E-state index contributed by atoms with van der Waals surface area (Å²) in [5.41, 5.74) is 0.727. The zero-order valence-electron chi connectivity index (χ0n) is 18.2. The maximum Gasteiger partial charge on any atom is 2.00 e. The van der Waals surface area contributed by atoms with Crippen molar-refractivity contribution >= 4 is 11.9 Å². The Kier molecular flexibility index (Phi) is 13.9. The zero-order valence-corrected chi connectivity index (χ0v) is 22.4. The van der Waals surface area contributed by atoms with Crippen molar-refractivity contribution in [2.75, 3.05) is 14.2 Å². The minimum absolute atomic E-state index is 0. The third-order valence-electron chi connectivity index (χ3n) is 3.95. The number of ether oxygens (including phenoxy) is 2. The molecular weight excluding hydrogens is 649 g/mol. The molecule has 2 aromatic carbocycles. The predicted molar refractivity (Wildman–Crippen MR) is 111 cm³/mol. The summed E-state index contributed by atoms with van der Waals surface area (Å²) in [7, 11) is 2.69. The Morgan fingerprint density at radius 1 is 1.06 bits per heavy atom. The zero-order chi connectivity index (χ0) is 23.4. The van der Waals surface area contributed by atoms with Gasteiger partial charge in [-0.05, 0) is 29.8 Å². The largest absolute Gasteiger partial charge is 2.00 e. The predicted octanol–water partition coefficient (Wildman–Crippen LogP) is 4.79. The summed E-state index contributed by atoms with van der Waals surface area (Å²) in [5.74, 6) is -0.590. The molecule has 0 radical (unpaired) electrons. The number of halogens is 3. The minimum Gasteiger partial charge on any atom is -0.496 e. The van der Waals surface area contributed by atoms with E-state index in [0.29, 0.717) is 16.9 Å². The summed E-state index contributed by atoms with van der Waals surface area (Å²) in [4.78, 5) is 23.7. The third kappa shape index (κ3) is 10.0. The molecule has 1 amide bonds. The van der Waals surface area contributed by atoms with Gasteiger partial charge >= 0.3 is 37.3 Å². The van der Waals surface area contributed by atoms with Crippen LogP contribution < -0.4 is 10.1 Å². The van der Waals surface area contributed by atoms with Crippen molar-refractivity contribution in [3.05, 3.63) is 78.1 Å². The summed E-state index contributed by atoms with van der Waals surface area (Å²) >= 11 is 0. The van der Waals surface area contributed by atoms with Crippen LogP contribution in [0.3, 0.4) is 0 Å². The molecule has 5 nitrogen and oxygen atoms in total. The van der Waals surface area contributed by atoms with Gasteiger partial charge in [-0.25, -0.2) is 0 Å². The van der Waals surface area contributed by atoms with Crippen molar-refractivity contribution in [1.29, 1.82) is 0 Å². The molecule has 0 aliphatic carbocycles. The van der Waals surface area contributed by atoms with Gasteiger partial charge in [0.15, 0.2) is 5.97 Å². The maximum absolute atomic E-state index is 12.6. The van der Waals surface area contributed by atoms with E-state index in [1.54, 1.807) is 18.2 Å². The number of esters is 1. The molecule has 0 spiro atoms. The number of rotatable bonds is 7. The van der Waals surface area contributed by atoms with Crippen molar-refractivity contribution in [3.8, 4) is 5.75 Å². The fourth-order valence-electron chi connectivity index (χ4n) is 2.43. The van der Waals surface area contributed by atoms with Gasteiger partial charge in [0.2, 0.25) is 0 Å². The van der Waals surface area contributed by atoms with Crippen LogP contribution >= 0.6 is 0 Å². The number of methoxy groups -OCH3 is 2. The molecule has 2 rings (SSSR count). The van der Waals surface area contributed by atoms with Gasteiger partial charge in [0.25, 0.3) is 5.91 Å². The number of nitrogens with one attached hydrogen (secondary N) is 1. The molecule has 0 aromatic heterocycles. The second-order valence-electron chi connectivity index (χ2n) is 6.34. The average Bonchev–Trinajstić information content (AvgIpc) is 2.75. The molecule has 0 unspecified atom stereocenters. The minimum atomic E-state index is -4.41. The van der Waals surface area contributed by atoms with Crippen molar-refractivity contribution in [3.63, 3.8) is 0 Å². The molecule has 0 heterocycles. The Hall–Kier alpha value is -2.11. The van der Waals surface area contributed by atoms with Gasteiger partial charge in [-0.3, -0.25) is 16.0 Å². The van der Waals surface area contributed by atoms with Gasteiger partial charge in [0.05, 0.1) is 25.3 Å². The Morgan fingerprint density at radius 2 is 1.62 bits per heavy atom. The molecule has 0 saturated carbocycles. The molecule has 0 bridgehead atoms. The van der Waals surface area contributed by atoms with Crippen LogP contribution in [0.25, 0.3) is 0 Å². The van der Waals surface area contributed by atoms with Gasteiger partial charge in [-0.15, -0.1) is 6.42 Å². The van der Waals surface area contributed by atoms with Gasteiger partial charge in [-0.2, -0.15) is 19.6 Å². The summed E-state index contributed by atoms with van der Waals surface area (Å²) in [6, 6.07) is 9.44. The summed E-state index contributed by atoms with van der Waals surface area (Å²) in [6.45, 7) is 5.55. The SMILES string of the molecule is COC(=O)[CH-]Cc1ccc(OC)c(C(=O)NCc2ccc(C(F)(F)F)cc2)c1.[CH2-]CC.[U+2]. The first-order valence-electron chi connectivity index (χ1n) is 9.47. The first-order valence-corrected chi connectivity index (χ1v) is 9.47. The van der Waals surface area contributed by atoms with Gasteiger partial charge in [0, 0.05) is 6.54 Å². The van der Waals surface area contributed by atoms with Crippen molar-refractivity contribution in [2.45, 2.75) is 32.5 Å². The molecule has 1 N–H and O–H groups in total. The van der Waals surface area contributed by atoms with Crippen LogP contribution in [0.5, 0.6) is 5.75 Å². The molecule has 172 valence electrons. The first kappa shape index (κ1) is 29.9. The Bertz CT molecular complexity index is 855. The van der Waals surface area contributed by atoms with Crippen LogP contribution in [0.15, 0.2) is 42.5 Å². The number of carbonyl (C=O) groups excluding carboxylic acids is 2. The number of amides is 1. The molecule has 9 heteroatoms. The number of hydrogen-bond donors (Lipinski definition) is 1. The fraction of sp³-hybridized carbons (Fsp3) is 0.304. The van der Waals surface area contributed by atoms with E-state index in [1.807, 2.05) is 6.92 Å². The average molecular weight is 675 g/mol. The number of hydrogen-bond acceptors (Lipinski definition) is 4. The van der Waals surface area contributed by atoms with Gasteiger partial charge in [-0.1, -0.05) is 30.7 Å². The van der Waals surface area contributed by atoms with Gasteiger partial charge < -0.3 is 21.7 Å². The standard InChI is InChI=1S/C20H19F3NO4.C3H7.U/c1-27-17-9-5-13(6-10-18(25)28-2)11-16(17)19(26)24-12-14-3-7-15(8-4-14)20(21,22)23;1-3-2;/h3-5,7-11H,6,12H2,1-2H3,(H,24,26);1,3H2,2H3;/q2*-1;+2. The van der Waals surface area contributed by atoms with Crippen LogP contribution in [0, 0.1) is 44.5 Å². The van der Waals surface area contributed by atoms with E-state index in [-0.39, 0.29) is 49.6 Å². The molecule has 2 aromatic rings. The van der Waals surface area contributed by atoms with Crippen molar-refractivity contribution in [1.82, 2.24) is 5.32 Å². The second kappa shape index (κ2) is 14.9. The first-order chi connectivity index (χ1) is 14.7. The normalized spacial score (nSPS) is 10.1. The number of alkyl halides is 3. The van der Waals surface area contributed by atoms with Gasteiger partial charge in [0.1, 0.15) is 5.75 Å². The molecule has 0 aliphatic rings. The molecule has 0 fully saturated rings. The maximum atomic E-state index is 12.6. The van der Waals surface area contributed by atoms with Crippen LogP contribution in [0.1, 0.15) is 40.4 Å². The summed E-state index contributed by atoms with van der Waals surface area (Å²) in [6.07, 6.45) is -1.79. The Morgan fingerprint density at radius 3 is 2.12 bits per heavy atom. The molecule has 0 saturated heterocycles. The van der Waals surface area contributed by atoms with E-state index in [4.69, 9.17) is 4.74 Å². The third-order valence-corrected chi connectivity index (χ3v) is 3.95. The smallest absolute Gasteiger partial charge is 0.496 e. The van der Waals surface area contributed by atoms with Crippen LogP contribution in [0.2, 0.25) is 0 Å². The second-order valence-corrected chi connectivity index (χ2v) is 6.34. The van der Waals surface area contributed by atoms with Crippen LogP contribution in [-0.2, 0) is 28.7 Å². The van der Waals surface area contributed by atoms with Crippen LogP contribution in [-0.4, -0.2) is 26.1 Å². The molecule has 0 aliphatic heterocycles. The molecule has 32 heavy (non-hydrogen) atoms. The Labute approximate surface area is 210 Å². The van der Waals surface area contributed by atoms with E-state index in [2.05, 4.69) is 17.0 Å². The van der Waals surface area contributed by atoms with E-state index in [9.17, 15) is 22.8 Å². The van der Waals surface area contributed by atoms with E-state index in [0.717, 1.165) is 18.6 Å². The fourth-order valence-corrected chi connectivity index (χ4v) is 2.43. The van der Waals surface area contributed by atoms with E-state index < -0.39 is 23.6 Å². The molecule has 0 atom stereocenters. The van der Waals surface area contributed by atoms with Crippen molar-refractivity contribution in [2.24, 2.45) is 0 Å². The topological polar surface area (TPSA) is 64.6 Å². The number of benzene rings is 2.